The molecule has 160 valence electrons. The smallest absolute Gasteiger partial charge is 0.0389 e. The molecule has 4 rings (SSSR count). The lowest BCUT2D eigenvalue weighted by molar-refractivity contribution is 0.0559. The number of aryl methyl sites for hydroxylation is 1. The van der Waals surface area contributed by atoms with Crippen molar-refractivity contribution in [1.29, 1.82) is 0 Å². The molecule has 2 aromatic carbocycles. The van der Waals surface area contributed by atoms with E-state index < -0.39 is 0 Å². The summed E-state index contributed by atoms with van der Waals surface area (Å²) >= 11 is 0. The van der Waals surface area contributed by atoms with Crippen LogP contribution in [0.1, 0.15) is 54.8 Å². The van der Waals surface area contributed by atoms with Gasteiger partial charge in [0.25, 0.3) is 0 Å². The summed E-state index contributed by atoms with van der Waals surface area (Å²) in [6.45, 7) is 7.07. The first kappa shape index (κ1) is 24.2. The van der Waals surface area contributed by atoms with E-state index in [2.05, 4.69) is 71.3 Å². The van der Waals surface area contributed by atoms with Gasteiger partial charge in [0.15, 0.2) is 0 Å². The molecule has 4 heteroatoms. The van der Waals surface area contributed by atoms with E-state index in [-0.39, 0.29) is 24.8 Å². The predicted molar refractivity (Wildman–Crippen MR) is 129 cm³/mol. The van der Waals surface area contributed by atoms with Gasteiger partial charge in [0.2, 0.25) is 0 Å². The molecule has 2 fully saturated rings. The minimum atomic E-state index is 0. The van der Waals surface area contributed by atoms with Crippen LogP contribution in [0.3, 0.4) is 0 Å². The molecule has 1 saturated heterocycles. The topological polar surface area (TPSA) is 6.48 Å². The van der Waals surface area contributed by atoms with Crippen molar-refractivity contribution in [1.82, 2.24) is 9.80 Å². The van der Waals surface area contributed by atoms with Crippen LogP contribution in [0.15, 0.2) is 54.6 Å². The highest BCUT2D eigenvalue weighted by Crippen LogP contribution is 2.29. The Bertz CT molecular complexity index is 708. The Morgan fingerprint density at radius 1 is 0.828 bits per heavy atom. The second-order valence-corrected chi connectivity index (χ2v) is 8.48. The molecule has 0 bridgehead atoms. The summed E-state index contributed by atoms with van der Waals surface area (Å²) in [6, 6.07) is 21.5. The number of piperazine rings is 1. The van der Waals surface area contributed by atoms with Crippen molar-refractivity contribution in [3.05, 3.63) is 71.3 Å². The summed E-state index contributed by atoms with van der Waals surface area (Å²) in [5.74, 6) is 0. The Morgan fingerprint density at radius 3 is 2.17 bits per heavy atom. The van der Waals surface area contributed by atoms with Crippen LogP contribution in [0, 0.1) is 6.92 Å². The molecule has 29 heavy (non-hydrogen) atoms. The molecule has 0 spiro atoms. The van der Waals surface area contributed by atoms with Crippen LogP contribution in [0.5, 0.6) is 0 Å². The fraction of sp³-hybridized carbons (Fsp3) is 0.520. The first-order valence-electron chi connectivity index (χ1n) is 10.9. The van der Waals surface area contributed by atoms with Gasteiger partial charge in [-0.05, 0) is 37.3 Å². The molecule has 1 aliphatic heterocycles. The van der Waals surface area contributed by atoms with E-state index >= 15 is 0 Å². The highest BCUT2D eigenvalue weighted by molar-refractivity contribution is 5.85. The molecule has 2 aliphatic rings. The Hall–Kier alpha value is -1.06. The van der Waals surface area contributed by atoms with Gasteiger partial charge in [0, 0.05) is 38.3 Å². The number of hydrogen-bond donors (Lipinski definition) is 0. The zero-order chi connectivity index (χ0) is 18.5. The minimum absolute atomic E-state index is 0. The molecule has 0 N–H and O–H groups in total. The maximum absolute atomic E-state index is 2.78. The average Bonchev–Trinajstić information content (AvgIpc) is 2.74. The van der Waals surface area contributed by atoms with E-state index in [1.165, 1.54) is 75.0 Å². The zero-order valence-corrected chi connectivity index (χ0v) is 19.3. The van der Waals surface area contributed by atoms with Gasteiger partial charge in [0.1, 0.15) is 0 Å². The van der Waals surface area contributed by atoms with Gasteiger partial charge in [-0.3, -0.25) is 9.80 Å². The summed E-state index contributed by atoms with van der Waals surface area (Å²) in [7, 11) is 0. The summed E-state index contributed by atoms with van der Waals surface area (Å²) in [6.07, 6.45) is 8.27. The number of benzene rings is 2. The van der Waals surface area contributed by atoms with Gasteiger partial charge < -0.3 is 0 Å². The SMILES string of the molecule is Cc1cccc(CC(c2ccccc2)N2CCN(C3CCCCC3)CC2)c1.Cl.Cl. The summed E-state index contributed by atoms with van der Waals surface area (Å²) in [5, 5.41) is 0. The fourth-order valence-electron chi connectivity index (χ4n) is 5.06. The lowest BCUT2D eigenvalue weighted by atomic mass is 9.93. The number of hydrogen-bond acceptors (Lipinski definition) is 2. The fourth-order valence-corrected chi connectivity index (χ4v) is 5.06. The van der Waals surface area contributed by atoms with Crippen molar-refractivity contribution in [2.24, 2.45) is 0 Å². The summed E-state index contributed by atoms with van der Waals surface area (Å²) < 4.78 is 0. The number of halogens is 2. The van der Waals surface area contributed by atoms with E-state index in [0.29, 0.717) is 6.04 Å². The lowest BCUT2D eigenvalue weighted by Gasteiger charge is -2.43. The van der Waals surface area contributed by atoms with Gasteiger partial charge >= 0.3 is 0 Å². The highest BCUT2D eigenvalue weighted by Gasteiger charge is 2.29. The second kappa shape index (κ2) is 12.0. The first-order chi connectivity index (χ1) is 13.3. The van der Waals surface area contributed by atoms with E-state index in [0.717, 1.165) is 12.5 Å². The molecule has 2 aromatic rings. The third-order valence-corrected chi connectivity index (χ3v) is 6.58. The third kappa shape index (κ3) is 6.46. The molecule has 1 aliphatic carbocycles. The van der Waals surface area contributed by atoms with Crippen molar-refractivity contribution >= 4 is 24.8 Å². The van der Waals surface area contributed by atoms with Gasteiger partial charge in [-0.25, -0.2) is 0 Å². The van der Waals surface area contributed by atoms with Crippen LogP contribution in [-0.4, -0.2) is 42.0 Å². The predicted octanol–water partition coefficient (Wildman–Crippen LogP) is 6.07. The zero-order valence-electron chi connectivity index (χ0n) is 17.6. The van der Waals surface area contributed by atoms with Crippen molar-refractivity contribution in [2.75, 3.05) is 26.2 Å². The number of rotatable bonds is 5. The molecule has 1 heterocycles. The molecular formula is C25H36Cl2N2. The molecule has 1 saturated carbocycles. The standard InChI is InChI=1S/C25H34N2.2ClH/c1-21-9-8-10-22(19-21)20-25(23-11-4-2-5-12-23)27-17-15-26(16-18-27)24-13-6-3-7-14-24;;/h2,4-5,8-12,19,24-25H,3,6-7,13-18,20H2,1H3;2*1H. The Morgan fingerprint density at radius 2 is 1.52 bits per heavy atom. The van der Waals surface area contributed by atoms with Crippen LogP contribution < -0.4 is 0 Å². The van der Waals surface area contributed by atoms with E-state index in [4.69, 9.17) is 0 Å². The van der Waals surface area contributed by atoms with Crippen LogP contribution >= 0.6 is 24.8 Å². The molecule has 2 nitrogen and oxygen atoms in total. The highest BCUT2D eigenvalue weighted by atomic mass is 35.5. The van der Waals surface area contributed by atoms with Gasteiger partial charge in [-0.2, -0.15) is 0 Å². The normalized spacial score (nSPS) is 19.8. The minimum Gasteiger partial charge on any atom is -0.298 e. The van der Waals surface area contributed by atoms with Crippen LogP contribution in [0.4, 0.5) is 0 Å². The van der Waals surface area contributed by atoms with Crippen LogP contribution in [0.2, 0.25) is 0 Å². The molecule has 1 atom stereocenters. The number of nitrogens with zero attached hydrogens (tertiary/aromatic N) is 2. The second-order valence-electron chi connectivity index (χ2n) is 8.48. The van der Waals surface area contributed by atoms with E-state index in [1.54, 1.807) is 0 Å². The van der Waals surface area contributed by atoms with Crippen LogP contribution in [-0.2, 0) is 6.42 Å². The van der Waals surface area contributed by atoms with Crippen molar-refractivity contribution in [2.45, 2.75) is 57.5 Å². The molecular weight excluding hydrogens is 399 g/mol. The molecule has 1 unspecified atom stereocenters. The molecule has 0 amide bonds. The van der Waals surface area contributed by atoms with Crippen molar-refractivity contribution in [3.63, 3.8) is 0 Å². The summed E-state index contributed by atoms with van der Waals surface area (Å²) in [4.78, 5) is 5.52. The Kier molecular flexibility index (Phi) is 9.98. The monoisotopic (exact) mass is 434 g/mol. The van der Waals surface area contributed by atoms with E-state index in [1.807, 2.05) is 0 Å². The quantitative estimate of drug-likeness (QED) is 0.562. The molecule has 0 aromatic heterocycles. The van der Waals surface area contributed by atoms with Crippen molar-refractivity contribution < 1.29 is 0 Å². The Labute approximate surface area is 189 Å². The lowest BCUT2D eigenvalue weighted by Crippen LogP contribution is -2.51. The maximum Gasteiger partial charge on any atom is 0.0389 e. The maximum atomic E-state index is 2.78. The van der Waals surface area contributed by atoms with E-state index in [9.17, 15) is 0 Å². The summed E-state index contributed by atoms with van der Waals surface area (Å²) in [5.41, 5.74) is 4.28. The van der Waals surface area contributed by atoms with Crippen molar-refractivity contribution in [3.8, 4) is 0 Å². The average molecular weight is 435 g/mol. The van der Waals surface area contributed by atoms with Gasteiger partial charge in [-0.15, -0.1) is 24.8 Å². The third-order valence-electron chi connectivity index (χ3n) is 6.58. The first-order valence-corrected chi connectivity index (χ1v) is 10.9. The Balaban J connectivity index is 0.00000150. The van der Waals surface area contributed by atoms with Crippen LogP contribution in [0.25, 0.3) is 0 Å². The largest absolute Gasteiger partial charge is 0.298 e. The van der Waals surface area contributed by atoms with Gasteiger partial charge in [-0.1, -0.05) is 79.4 Å². The van der Waals surface area contributed by atoms with Gasteiger partial charge in [0.05, 0.1) is 0 Å². The molecule has 0 radical (unpaired) electrons.